The van der Waals surface area contributed by atoms with Crippen LogP contribution in [0.4, 0.5) is 0 Å². The van der Waals surface area contributed by atoms with Crippen molar-refractivity contribution < 1.29 is 23.9 Å². The van der Waals surface area contributed by atoms with Crippen LogP contribution in [0.3, 0.4) is 0 Å². The highest BCUT2D eigenvalue weighted by Crippen LogP contribution is 2.30. The number of rotatable bonds is 10. The Kier molecular flexibility index (Phi) is 8.32. The summed E-state index contributed by atoms with van der Waals surface area (Å²) >= 11 is 0. The first-order valence-electron chi connectivity index (χ1n) is 9.02. The highest BCUT2D eigenvalue weighted by Gasteiger charge is 2.31. The lowest BCUT2D eigenvalue weighted by Crippen LogP contribution is -2.39. The molecule has 1 saturated carbocycles. The van der Waals surface area contributed by atoms with Crippen molar-refractivity contribution in [3.63, 3.8) is 0 Å². The van der Waals surface area contributed by atoms with E-state index >= 15 is 0 Å². The van der Waals surface area contributed by atoms with Crippen LogP contribution in [-0.2, 0) is 23.9 Å². The van der Waals surface area contributed by atoms with Gasteiger partial charge < -0.3 is 14.8 Å². The minimum Gasteiger partial charge on any atom is -0.377 e. The molecule has 1 fully saturated rings. The van der Waals surface area contributed by atoms with E-state index in [0.29, 0.717) is 32.9 Å². The molecule has 2 rings (SSSR count). The SMILES string of the molecule is C#CCOCCOCCNC(=O)C1CCC(CN2C(=O)C=CC2=O)CC1. The molecule has 0 atom stereocenters. The third-order valence-corrected chi connectivity index (χ3v) is 4.66. The summed E-state index contributed by atoms with van der Waals surface area (Å²) in [5.74, 6) is 2.22. The molecule has 1 aliphatic carbocycles. The van der Waals surface area contributed by atoms with Crippen molar-refractivity contribution in [1.29, 1.82) is 0 Å². The van der Waals surface area contributed by atoms with E-state index in [1.165, 1.54) is 17.1 Å². The molecule has 0 bridgehead atoms. The minimum absolute atomic E-state index is 0.00619. The smallest absolute Gasteiger partial charge is 0.253 e. The van der Waals surface area contributed by atoms with Crippen LogP contribution in [0.1, 0.15) is 25.7 Å². The lowest BCUT2D eigenvalue weighted by atomic mass is 9.81. The van der Waals surface area contributed by atoms with Crippen LogP contribution in [0, 0.1) is 24.2 Å². The second-order valence-electron chi connectivity index (χ2n) is 6.50. The number of carbonyl (C=O) groups is 3. The van der Waals surface area contributed by atoms with E-state index in [2.05, 4.69) is 11.2 Å². The molecule has 7 heteroatoms. The van der Waals surface area contributed by atoms with Gasteiger partial charge in [-0.15, -0.1) is 6.42 Å². The van der Waals surface area contributed by atoms with Gasteiger partial charge in [-0.2, -0.15) is 0 Å². The molecule has 26 heavy (non-hydrogen) atoms. The molecule has 0 radical (unpaired) electrons. The maximum Gasteiger partial charge on any atom is 0.253 e. The van der Waals surface area contributed by atoms with Crippen LogP contribution in [-0.4, -0.2) is 62.1 Å². The van der Waals surface area contributed by atoms with E-state index < -0.39 is 0 Å². The Morgan fingerprint density at radius 1 is 1.12 bits per heavy atom. The summed E-state index contributed by atoms with van der Waals surface area (Å²) in [6, 6.07) is 0. The van der Waals surface area contributed by atoms with Gasteiger partial charge in [0.05, 0.1) is 19.8 Å². The molecule has 1 aliphatic heterocycles. The zero-order valence-corrected chi connectivity index (χ0v) is 14.9. The first-order chi connectivity index (χ1) is 12.6. The summed E-state index contributed by atoms with van der Waals surface area (Å²) in [7, 11) is 0. The quantitative estimate of drug-likeness (QED) is 0.348. The molecule has 1 heterocycles. The average molecular weight is 362 g/mol. The van der Waals surface area contributed by atoms with Crippen LogP contribution in [0.5, 0.6) is 0 Å². The summed E-state index contributed by atoms with van der Waals surface area (Å²) < 4.78 is 10.4. The van der Waals surface area contributed by atoms with Crippen molar-refractivity contribution in [3.8, 4) is 12.3 Å². The van der Waals surface area contributed by atoms with Crippen molar-refractivity contribution in [1.82, 2.24) is 10.2 Å². The second-order valence-corrected chi connectivity index (χ2v) is 6.50. The predicted molar refractivity (Wildman–Crippen MR) is 94.8 cm³/mol. The highest BCUT2D eigenvalue weighted by molar-refractivity contribution is 6.12. The minimum atomic E-state index is -0.237. The standard InChI is InChI=1S/C19H26N2O5/c1-2-10-25-12-13-26-11-9-20-19(24)16-5-3-15(4-6-16)14-21-17(22)7-8-18(21)23/h1,7-8,15-16H,3-6,9-14H2,(H,20,24). The Morgan fingerprint density at radius 2 is 1.77 bits per heavy atom. The number of nitrogens with zero attached hydrogens (tertiary/aromatic N) is 1. The number of ether oxygens (including phenoxy) is 2. The van der Waals surface area contributed by atoms with Crippen molar-refractivity contribution in [2.45, 2.75) is 25.7 Å². The van der Waals surface area contributed by atoms with E-state index in [0.717, 1.165) is 25.7 Å². The Labute approximate surface area is 154 Å². The third kappa shape index (κ3) is 6.28. The van der Waals surface area contributed by atoms with Crippen LogP contribution < -0.4 is 5.32 Å². The summed E-state index contributed by atoms with van der Waals surface area (Å²) in [4.78, 5) is 36.7. The number of terminal acetylenes is 1. The molecule has 0 spiro atoms. The molecule has 0 saturated heterocycles. The van der Waals surface area contributed by atoms with Crippen LogP contribution >= 0.6 is 0 Å². The van der Waals surface area contributed by atoms with Gasteiger partial charge in [-0.3, -0.25) is 19.3 Å². The fraction of sp³-hybridized carbons (Fsp3) is 0.632. The fourth-order valence-corrected chi connectivity index (χ4v) is 3.22. The first-order valence-corrected chi connectivity index (χ1v) is 9.02. The van der Waals surface area contributed by atoms with Crippen LogP contribution in [0.15, 0.2) is 12.2 Å². The van der Waals surface area contributed by atoms with Gasteiger partial charge in [0, 0.05) is 31.2 Å². The normalized spacial score (nSPS) is 22.5. The summed E-state index contributed by atoms with van der Waals surface area (Å²) in [5.41, 5.74) is 0. The zero-order chi connectivity index (χ0) is 18.8. The third-order valence-electron chi connectivity index (χ3n) is 4.66. The monoisotopic (exact) mass is 362 g/mol. The highest BCUT2D eigenvalue weighted by atomic mass is 16.5. The van der Waals surface area contributed by atoms with E-state index in [1.807, 2.05) is 0 Å². The maximum atomic E-state index is 12.2. The number of amides is 3. The van der Waals surface area contributed by atoms with E-state index in [9.17, 15) is 14.4 Å². The molecule has 0 aromatic rings. The molecule has 0 aromatic heterocycles. The lowest BCUT2D eigenvalue weighted by molar-refractivity contribution is -0.138. The molecular weight excluding hydrogens is 336 g/mol. The molecule has 3 amide bonds. The maximum absolute atomic E-state index is 12.2. The van der Waals surface area contributed by atoms with Gasteiger partial charge in [0.1, 0.15) is 6.61 Å². The van der Waals surface area contributed by atoms with Crippen LogP contribution in [0.2, 0.25) is 0 Å². The van der Waals surface area contributed by atoms with E-state index in [4.69, 9.17) is 15.9 Å². The fourth-order valence-electron chi connectivity index (χ4n) is 3.22. The average Bonchev–Trinajstić information content (AvgIpc) is 2.96. The Balaban J connectivity index is 1.55. The molecule has 1 N–H and O–H groups in total. The summed E-state index contributed by atoms with van der Waals surface area (Å²) in [6.07, 6.45) is 10.9. The van der Waals surface area contributed by atoms with Gasteiger partial charge in [-0.25, -0.2) is 0 Å². The largest absolute Gasteiger partial charge is 0.377 e. The van der Waals surface area contributed by atoms with Crippen molar-refractivity contribution >= 4 is 17.7 Å². The predicted octanol–water partition coefficient (Wildman–Crippen LogP) is 0.500. The van der Waals surface area contributed by atoms with Gasteiger partial charge in [-0.05, 0) is 31.6 Å². The molecule has 142 valence electrons. The summed E-state index contributed by atoms with van der Waals surface area (Å²) in [6.45, 7) is 2.53. The van der Waals surface area contributed by atoms with E-state index in [-0.39, 0.29) is 36.2 Å². The number of hydrogen-bond donors (Lipinski definition) is 1. The molecular formula is C19H26N2O5. The number of hydrogen-bond acceptors (Lipinski definition) is 5. The molecule has 0 unspecified atom stereocenters. The van der Waals surface area contributed by atoms with Gasteiger partial charge >= 0.3 is 0 Å². The number of carbonyl (C=O) groups excluding carboxylic acids is 3. The van der Waals surface area contributed by atoms with Gasteiger partial charge in [0.25, 0.3) is 11.8 Å². The Morgan fingerprint density at radius 3 is 2.42 bits per heavy atom. The molecule has 2 aliphatic rings. The molecule has 7 nitrogen and oxygen atoms in total. The van der Waals surface area contributed by atoms with Gasteiger partial charge in [0.15, 0.2) is 0 Å². The number of nitrogens with one attached hydrogen (secondary N) is 1. The van der Waals surface area contributed by atoms with Crippen molar-refractivity contribution in [2.24, 2.45) is 11.8 Å². The number of imide groups is 1. The van der Waals surface area contributed by atoms with Gasteiger partial charge in [0.2, 0.25) is 5.91 Å². The zero-order valence-electron chi connectivity index (χ0n) is 14.9. The Bertz CT molecular complexity index is 555. The van der Waals surface area contributed by atoms with Crippen molar-refractivity contribution in [2.75, 3.05) is 39.5 Å². The van der Waals surface area contributed by atoms with Crippen LogP contribution in [0.25, 0.3) is 0 Å². The van der Waals surface area contributed by atoms with E-state index in [1.54, 1.807) is 0 Å². The second kappa shape index (κ2) is 10.7. The topological polar surface area (TPSA) is 84.9 Å². The lowest BCUT2D eigenvalue weighted by Gasteiger charge is -2.30. The first kappa shape index (κ1) is 20.1. The Hall–Kier alpha value is -2.17. The van der Waals surface area contributed by atoms with Gasteiger partial charge in [-0.1, -0.05) is 5.92 Å². The summed E-state index contributed by atoms with van der Waals surface area (Å²) in [5, 5.41) is 2.89. The van der Waals surface area contributed by atoms with Crippen molar-refractivity contribution in [3.05, 3.63) is 12.2 Å². The molecule has 0 aromatic carbocycles.